The molecule has 1 fully saturated rings. The van der Waals surface area contributed by atoms with E-state index in [-0.39, 0.29) is 11.8 Å². The van der Waals surface area contributed by atoms with E-state index in [2.05, 4.69) is 5.32 Å². The van der Waals surface area contributed by atoms with Gasteiger partial charge in [-0.3, -0.25) is 9.59 Å². The van der Waals surface area contributed by atoms with Crippen molar-refractivity contribution in [3.63, 3.8) is 0 Å². The van der Waals surface area contributed by atoms with Crippen molar-refractivity contribution in [3.05, 3.63) is 29.3 Å². The summed E-state index contributed by atoms with van der Waals surface area (Å²) < 4.78 is 0. The molecule has 0 radical (unpaired) electrons. The average Bonchev–Trinajstić information content (AvgIpc) is 2.78. The van der Waals surface area contributed by atoms with E-state index in [9.17, 15) is 9.59 Å². The molecule has 3 rings (SSSR count). The number of hydrogen-bond acceptors (Lipinski definition) is 2. The van der Waals surface area contributed by atoms with Crippen molar-refractivity contribution in [2.24, 2.45) is 5.73 Å². The summed E-state index contributed by atoms with van der Waals surface area (Å²) in [5, 5.41) is 2.81. The number of rotatable bonds is 2. The first-order valence-corrected chi connectivity index (χ1v) is 6.85. The molecule has 0 saturated heterocycles. The van der Waals surface area contributed by atoms with E-state index in [1.54, 1.807) is 0 Å². The summed E-state index contributed by atoms with van der Waals surface area (Å²) >= 11 is 0. The summed E-state index contributed by atoms with van der Waals surface area (Å²) in [6, 6.07) is 5.83. The van der Waals surface area contributed by atoms with Gasteiger partial charge in [0.25, 0.3) is 0 Å². The summed E-state index contributed by atoms with van der Waals surface area (Å²) in [6.07, 6.45) is 5.29. The average molecular weight is 258 g/mol. The van der Waals surface area contributed by atoms with Gasteiger partial charge in [-0.25, -0.2) is 0 Å². The van der Waals surface area contributed by atoms with E-state index < -0.39 is 5.41 Å². The Balaban J connectivity index is 2.02. The van der Waals surface area contributed by atoms with Gasteiger partial charge in [0.2, 0.25) is 11.8 Å². The van der Waals surface area contributed by atoms with Crippen molar-refractivity contribution in [2.45, 2.75) is 43.9 Å². The van der Waals surface area contributed by atoms with E-state index in [0.29, 0.717) is 6.42 Å². The molecule has 0 aromatic heterocycles. The van der Waals surface area contributed by atoms with Crippen molar-refractivity contribution in [3.8, 4) is 0 Å². The van der Waals surface area contributed by atoms with Crippen LogP contribution in [0.1, 0.15) is 43.2 Å². The highest BCUT2D eigenvalue weighted by Crippen LogP contribution is 2.41. The largest absolute Gasteiger partial charge is 0.369 e. The number of carbonyl (C=O) groups excluding carboxylic acids is 2. The van der Waals surface area contributed by atoms with Gasteiger partial charge in [0.15, 0.2) is 0 Å². The molecular formula is C15H18N2O2. The monoisotopic (exact) mass is 258 g/mol. The number of carbonyl (C=O) groups is 2. The summed E-state index contributed by atoms with van der Waals surface area (Å²) in [5.41, 5.74) is 7.98. The topological polar surface area (TPSA) is 72.2 Å². The minimum absolute atomic E-state index is 0.0175. The number of nitrogens with two attached hydrogens (primary N) is 1. The van der Waals surface area contributed by atoms with Gasteiger partial charge in [-0.1, -0.05) is 31.4 Å². The number of hydrogen-bond donors (Lipinski definition) is 2. The van der Waals surface area contributed by atoms with Gasteiger partial charge >= 0.3 is 0 Å². The van der Waals surface area contributed by atoms with Crippen LogP contribution in [-0.4, -0.2) is 11.8 Å². The van der Waals surface area contributed by atoms with Gasteiger partial charge in [0, 0.05) is 5.69 Å². The third kappa shape index (κ3) is 1.91. The molecule has 2 amide bonds. The Hall–Kier alpha value is -1.84. The predicted molar refractivity (Wildman–Crippen MR) is 72.7 cm³/mol. The Labute approximate surface area is 112 Å². The molecule has 3 N–H and O–H groups in total. The first-order chi connectivity index (χ1) is 9.12. The number of amides is 2. The van der Waals surface area contributed by atoms with Crippen molar-refractivity contribution >= 4 is 17.5 Å². The molecule has 0 atom stereocenters. The Kier molecular flexibility index (Phi) is 2.81. The lowest BCUT2D eigenvalue weighted by atomic mass is 9.68. The second kappa shape index (κ2) is 4.37. The van der Waals surface area contributed by atoms with Gasteiger partial charge in [-0.15, -0.1) is 0 Å². The highest BCUT2D eigenvalue weighted by Gasteiger charge is 2.40. The number of anilines is 1. The third-order valence-corrected chi connectivity index (χ3v) is 4.46. The van der Waals surface area contributed by atoms with Gasteiger partial charge in [0.05, 0.1) is 11.8 Å². The summed E-state index contributed by atoms with van der Waals surface area (Å²) in [5.74, 6) is -0.214. The van der Waals surface area contributed by atoms with Crippen LogP contribution in [0.25, 0.3) is 0 Å². The van der Waals surface area contributed by atoms with Crippen LogP contribution in [0.2, 0.25) is 0 Å². The Morgan fingerprint density at radius 3 is 2.63 bits per heavy atom. The van der Waals surface area contributed by atoms with Crippen LogP contribution < -0.4 is 11.1 Å². The zero-order chi connectivity index (χ0) is 13.5. The molecule has 1 aliphatic carbocycles. The molecule has 1 heterocycles. The third-order valence-electron chi connectivity index (χ3n) is 4.46. The molecular weight excluding hydrogens is 240 g/mol. The molecule has 4 nitrogen and oxygen atoms in total. The number of primary amides is 1. The lowest BCUT2D eigenvalue weighted by Crippen LogP contribution is -2.42. The SMILES string of the molecule is NC(=O)C1(c2ccc3c(c2)CC(=O)N3)CCCCC1. The zero-order valence-electron chi connectivity index (χ0n) is 10.9. The molecule has 0 bridgehead atoms. The second-order valence-corrected chi connectivity index (χ2v) is 5.60. The van der Waals surface area contributed by atoms with Crippen LogP contribution in [0, 0.1) is 0 Å². The molecule has 19 heavy (non-hydrogen) atoms. The van der Waals surface area contributed by atoms with Crippen molar-refractivity contribution in [1.82, 2.24) is 0 Å². The van der Waals surface area contributed by atoms with Gasteiger partial charge < -0.3 is 11.1 Å². The van der Waals surface area contributed by atoms with Crippen molar-refractivity contribution < 1.29 is 9.59 Å². The van der Waals surface area contributed by atoms with E-state index in [0.717, 1.165) is 42.5 Å². The smallest absolute Gasteiger partial charge is 0.228 e. The molecule has 0 unspecified atom stereocenters. The maximum absolute atomic E-state index is 12.0. The maximum atomic E-state index is 12.0. The fourth-order valence-electron chi connectivity index (χ4n) is 3.36. The summed E-state index contributed by atoms with van der Waals surface area (Å²) in [7, 11) is 0. The second-order valence-electron chi connectivity index (χ2n) is 5.60. The molecule has 0 spiro atoms. The van der Waals surface area contributed by atoms with E-state index in [4.69, 9.17) is 5.73 Å². The minimum Gasteiger partial charge on any atom is -0.369 e. The summed E-state index contributed by atoms with van der Waals surface area (Å²) in [6.45, 7) is 0. The van der Waals surface area contributed by atoms with Crippen LogP contribution in [-0.2, 0) is 21.4 Å². The van der Waals surface area contributed by atoms with Crippen LogP contribution in [0.4, 0.5) is 5.69 Å². The minimum atomic E-state index is -0.529. The quantitative estimate of drug-likeness (QED) is 0.850. The first-order valence-electron chi connectivity index (χ1n) is 6.85. The van der Waals surface area contributed by atoms with Crippen molar-refractivity contribution in [1.29, 1.82) is 0 Å². The molecule has 2 aliphatic rings. The lowest BCUT2D eigenvalue weighted by Gasteiger charge is -2.35. The van der Waals surface area contributed by atoms with E-state index >= 15 is 0 Å². The van der Waals surface area contributed by atoms with Crippen LogP contribution in [0.15, 0.2) is 18.2 Å². The Morgan fingerprint density at radius 2 is 1.95 bits per heavy atom. The molecule has 4 heteroatoms. The lowest BCUT2D eigenvalue weighted by molar-refractivity contribution is -0.124. The first kappa shape index (κ1) is 12.2. The van der Waals surface area contributed by atoms with Gasteiger partial charge in [-0.05, 0) is 30.0 Å². The molecule has 1 aliphatic heterocycles. The van der Waals surface area contributed by atoms with Crippen molar-refractivity contribution in [2.75, 3.05) is 5.32 Å². The predicted octanol–water partition coefficient (Wildman–Crippen LogP) is 1.87. The fraction of sp³-hybridized carbons (Fsp3) is 0.467. The fourth-order valence-corrected chi connectivity index (χ4v) is 3.36. The Morgan fingerprint density at radius 1 is 1.21 bits per heavy atom. The number of benzene rings is 1. The number of fused-ring (bicyclic) bond motifs is 1. The van der Waals surface area contributed by atoms with E-state index in [1.807, 2.05) is 18.2 Å². The van der Waals surface area contributed by atoms with Crippen LogP contribution in [0.5, 0.6) is 0 Å². The Bertz CT molecular complexity index is 545. The normalized spacial score (nSPS) is 20.7. The molecule has 1 saturated carbocycles. The van der Waals surface area contributed by atoms with Gasteiger partial charge in [-0.2, -0.15) is 0 Å². The zero-order valence-corrected chi connectivity index (χ0v) is 10.9. The summed E-state index contributed by atoms with van der Waals surface area (Å²) in [4.78, 5) is 23.4. The molecule has 1 aromatic rings. The standard InChI is InChI=1S/C15H18N2O2/c16-14(19)15(6-2-1-3-7-15)11-4-5-12-10(8-11)9-13(18)17-12/h4-5,8H,1-3,6-7,9H2,(H2,16,19)(H,17,18). The molecule has 1 aromatic carbocycles. The highest BCUT2D eigenvalue weighted by molar-refractivity contribution is 5.99. The van der Waals surface area contributed by atoms with Crippen LogP contribution >= 0.6 is 0 Å². The molecule has 100 valence electrons. The van der Waals surface area contributed by atoms with Gasteiger partial charge in [0.1, 0.15) is 0 Å². The highest BCUT2D eigenvalue weighted by atomic mass is 16.2. The number of nitrogens with one attached hydrogen (secondary N) is 1. The van der Waals surface area contributed by atoms with Crippen LogP contribution in [0.3, 0.4) is 0 Å². The maximum Gasteiger partial charge on any atom is 0.228 e. The van der Waals surface area contributed by atoms with E-state index in [1.165, 1.54) is 6.42 Å².